The SMILES string of the molecule is COC(=O)C[C@H](N[S+]([O-])C(C)(C)C)c1cc(Cl)c(F)c(C(F)(F)F)c1. The molecule has 0 aliphatic carbocycles. The molecule has 1 aromatic rings. The smallest absolute Gasteiger partial charge is 0.419 e. The molecule has 1 rings (SSSR count). The number of ether oxygens (including phenoxy) is 1. The molecule has 0 amide bonds. The summed E-state index contributed by atoms with van der Waals surface area (Å²) in [5.74, 6) is -2.34. The summed E-state index contributed by atoms with van der Waals surface area (Å²) in [6.07, 6.45) is -5.37. The Hall–Kier alpha value is -1.03. The van der Waals surface area contributed by atoms with E-state index >= 15 is 0 Å². The number of nitrogens with one attached hydrogen (secondary N) is 1. The van der Waals surface area contributed by atoms with Gasteiger partial charge >= 0.3 is 12.1 Å². The highest BCUT2D eigenvalue weighted by Gasteiger charge is 2.37. The lowest BCUT2D eigenvalue weighted by Gasteiger charge is -2.28. The molecule has 4 nitrogen and oxygen atoms in total. The zero-order valence-electron chi connectivity index (χ0n) is 14.0. The number of benzene rings is 1. The van der Waals surface area contributed by atoms with Crippen LogP contribution in [0.1, 0.15) is 44.4 Å². The molecule has 1 aromatic carbocycles. The van der Waals surface area contributed by atoms with Gasteiger partial charge in [-0.2, -0.15) is 13.2 Å². The first-order valence-corrected chi connectivity index (χ1v) is 8.61. The number of carbonyl (C=O) groups is 1. The molecule has 0 aliphatic rings. The van der Waals surface area contributed by atoms with Crippen LogP contribution in [0.2, 0.25) is 5.02 Å². The minimum atomic E-state index is -4.97. The molecule has 142 valence electrons. The molecule has 0 spiro atoms. The number of halogens is 5. The molecule has 0 aliphatic heterocycles. The summed E-state index contributed by atoms with van der Waals surface area (Å²) in [7, 11) is 1.11. The zero-order valence-corrected chi connectivity index (χ0v) is 15.5. The monoisotopic (exact) mass is 403 g/mol. The van der Waals surface area contributed by atoms with Crippen LogP contribution in [0.25, 0.3) is 0 Å². The van der Waals surface area contributed by atoms with Gasteiger partial charge in [-0.1, -0.05) is 11.6 Å². The molecule has 0 radical (unpaired) electrons. The van der Waals surface area contributed by atoms with E-state index in [0.29, 0.717) is 6.07 Å². The van der Waals surface area contributed by atoms with Crippen molar-refractivity contribution in [3.05, 3.63) is 34.1 Å². The van der Waals surface area contributed by atoms with Crippen molar-refractivity contribution in [2.24, 2.45) is 0 Å². The van der Waals surface area contributed by atoms with Crippen LogP contribution in [0.3, 0.4) is 0 Å². The van der Waals surface area contributed by atoms with Gasteiger partial charge in [0.25, 0.3) is 0 Å². The van der Waals surface area contributed by atoms with Gasteiger partial charge in [-0.15, -0.1) is 4.72 Å². The quantitative estimate of drug-likeness (QED) is 0.455. The number of esters is 1. The standard InChI is InChI=1S/C15H18ClF4NO3S/c1-14(2,3)25(23)21-11(7-12(22)24-4)8-5-9(15(18,19)20)13(17)10(16)6-8/h5-6,11,21H,7H2,1-4H3/t11-,25?/m0/s1. The van der Waals surface area contributed by atoms with Crippen LogP contribution < -0.4 is 4.72 Å². The van der Waals surface area contributed by atoms with Crippen molar-refractivity contribution in [3.8, 4) is 0 Å². The first-order valence-electron chi connectivity index (χ1n) is 7.08. The first kappa shape index (κ1) is 22.0. The summed E-state index contributed by atoms with van der Waals surface area (Å²) in [4.78, 5) is 11.6. The average molecular weight is 404 g/mol. The van der Waals surface area contributed by atoms with E-state index in [2.05, 4.69) is 9.46 Å². The van der Waals surface area contributed by atoms with Crippen molar-refractivity contribution in [1.29, 1.82) is 0 Å². The molecule has 0 bridgehead atoms. The average Bonchev–Trinajstić information content (AvgIpc) is 2.46. The van der Waals surface area contributed by atoms with Crippen molar-refractivity contribution < 1.29 is 31.6 Å². The Labute approximate surface area is 151 Å². The van der Waals surface area contributed by atoms with Crippen LogP contribution >= 0.6 is 11.6 Å². The van der Waals surface area contributed by atoms with Crippen LogP contribution in [0.15, 0.2) is 12.1 Å². The largest absolute Gasteiger partial charge is 0.598 e. The van der Waals surface area contributed by atoms with E-state index in [9.17, 15) is 26.9 Å². The van der Waals surface area contributed by atoms with Crippen molar-refractivity contribution in [2.45, 2.75) is 44.2 Å². The predicted octanol–water partition coefficient (Wildman–Crippen LogP) is 4.15. The van der Waals surface area contributed by atoms with Crippen molar-refractivity contribution in [1.82, 2.24) is 4.72 Å². The molecule has 25 heavy (non-hydrogen) atoms. The summed E-state index contributed by atoms with van der Waals surface area (Å²) in [6.45, 7) is 4.93. The lowest BCUT2D eigenvalue weighted by molar-refractivity contribution is -0.141. The number of methoxy groups -OCH3 is 1. The van der Waals surface area contributed by atoms with Gasteiger partial charge in [0, 0.05) is 11.4 Å². The second-order valence-electron chi connectivity index (χ2n) is 6.19. The zero-order chi connectivity index (χ0) is 19.6. The molecule has 0 fully saturated rings. The van der Waals surface area contributed by atoms with Crippen molar-refractivity contribution >= 4 is 28.9 Å². The first-order chi connectivity index (χ1) is 11.3. The lowest BCUT2D eigenvalue weighted by Crippen LogP contribution is -2.42. The molecular weight excluding hydrogens is 386 g/mol. The Morgan fingerprint density at radius 2 is 1.92 bits per heavy atom. The summed E-state index contributed by atoms with van der Waals surface area (Å²) in [6, 6.07) is 0.403. The fourth-order valence-electron chi connectivity index (χ4n) is 1.80. The van der Waals surface area contributed by atoms with Crippen LogP contribution in [0.5, 0.6) is 0 Å². The third-order valence-corrected chi connectivity index (χ3v) is 5.05. The molecule has 0 heterocycles. The van der Waals surface area contributed by atoms with Gasteiger partial charge in [0.15, 0.2) is 5.82 Å². The van der Waals surface area contributed by atoms with E-state index in [0.717, 1.165) is 13.2 Å². The van der Waals surface area contributed by atoms with Crippen LogP contribution in [0, 0.1) is 5.82 Å². The summed E-state index contributed by atoms with van der Waals surface area (Å²) < 4.78 is 71.3. The van der Waals surface area contributed by atoms with E-state index in [1.165, 1.54) is 0 Å². The highest BCUT2D eigenvalue weighted by atomic mass is 35.5. The van der Waals surface area contributed by atoms with Gasteiger partial charge < -0.3 is 9.29 Å². The Morgan fingerprint density at radius 1 is 1.36 bits per heavy atom. The maximum Gasteiger partial charge on any atom is 0.419 e. The minimum absolute atomic E-state index is 0.123. The normalized spacial score (nSPS) is 15.0. The lowest BCUT2D eigenvalue weighted by atomic mass is 10.0. The highest BCUT2D eigenvalue weighted by Crippen LogP contribution is 2.37. The Bertz CT molecular complexity index is 634. The molecule has 1 N–H and O–H groups in total. The number of hydrogen-bond acceptors (Lipinski definition) is 4. The fourth-order valence-corrected chi connectivity index (χ4v) is 2.86. The predicted molar refractivity (Wildman–Crippen MR) is 86.8 cm³/mol. The van der Waals surface area contributed by atoms with E-state index in [1.54, 1.807) is 20.8 Å². The van der Waals surface area contributed by atoms with Crippen LogP contribution in [0.4, 0.5) is 17.6 Å². The second-order valence-corrected chi connectivity index (χ2v) is 8.60. The summed E-state index contributed by atoms with van der Waals surface area (Å²) in [5, 5.41) is -0.747. The van der Waals surface area contributed by atoms with E-state index in [4.69, 9.17) is 11.6 Å². The van der Waals surface area contributed by atoms with Crippen molar-refractivity contribution in [3.63, 3.8) is 0 Å². The maximum atomic E-state index is 13.7. The molecule has 2 atom stereocenters. The van der Waals surface area contributed by atoms with E-state index < -0.39 is 57.1 Å². The topological polar surface area (TPSA) is 61.4 Å². The second kappa shape index (κ2) is 8.11. The van der Waals surface area contributed by atoms with Gasteiger partial charge in [-0.3, -0.25) is 4.79 Å². The number of rotatable bonds is 5. The molecule has 0 aromatic heterocycles. The summed E-state index contributed by atoms with van der Waals surface area (Å²) in [5.41, 5.74) is -1.69. The molecule has 1 unspecified atom stereocenters. The van der Waals surface area contributed by atoms with Gasteiger partial charge in [0.1, 0.15) is 4.75 Å². The molecule has 0 saturated heterocycles. The molecule has 10 heteroatoms. The van der Waals surface area contributed by atoms with Gasteiger partial charge in [-0.25, -0.2) is 4.39 Å². The van der Waals surface area contributed by atoms with E-state index in [-0.39, 0.29) is 5.56 Å². The Kier molecular flexibility index (Phi) is 7.14. The van der Waals surface area contributed by atoms with Gasteiger partial charge in [0.2, 0.25) is 0 Å². The molecular formula is C15H18ClF4NO3S. The van der Waals surface area contributed by atoms with Gasteiger partial charge in [-0.05, 0) is 38.5 Å². The fraction of sp³-hybridized carbons (Fsp3) is 0.533. The third kappa shape index (κ3) is 6.02. The number of hydrogen-bond donors (Lipinski definition) is 1. The minimum Gasteiger partial charge on any atom is -0.598 e. The Balaban J connectivity index is 3.34. The molecule has 0 saturated carbocycles. The number of carbonyl (C=O) groups excluding carboxylic acids is 1. The van der Waals surface area contributed by atoms with Crippen molar-refractivity contribution in [2.75, 3.05) is 7.11 Å². The Morgan fingerprint density at radius 3 is 2.36 bits per heavy atom. The van der Waals surface area contributed by atoms with Crippen LogP contribution in [-0.4, -0.2) is 22.4 Å². The van der Waals surface area contributed by atoms with Crippen LogP contribution in [-0.2, 0) is 27.1 Å². The maximum absolute atomic E-state index is 13.7. The number of alkyl halides is 3. The third-order valence-electron chi connectivity index (χ3n) is 3.16. The van der Waals surface area contributed by atoms with Gasteiger partial charge in [0.05, 0.1) is 30.2 Å². The highest BCUT2D eigenvalue weighted by molar-refractivity contribution is 7.90. The summed E-state index contributed by atoms with van der Waals surface area (Å²) >= 11 is 3.87. The van der Waals surface area contributed by atoms with E-state index in [1.807, 2.05) is 0 Å².